The molecule has 3 rings (SSSR count). The molecule has 0 saturated carbocycles. The van der Waals surface area contributed by atoms with Crippen LogP contribution in [0.5, 0.6) is 5.75 Å². The maximum atomic E-state index is 12.4. The van der Waals surface area contributed by atoms with Crippen molar-refractivity contribution in [3.8, 4) is 5.75 Å². The van der Waals surface area contributed by atoms with Crippen molar-refractivity contribution in [1.82, 2.24) is 0 Å². The normalized spacial score (nSPS) is 10.2. The summed E-state index contributed by atoms with van der Waals surface area (Å²) >= 11 is 0. The molecule has 0 aromatic heterocycles. The summed E-state index contributed by atoms with van der Waals surface area (Å²) in [5.41, 5.74) is 2.37. The van der Waals surface area contributed by atoms with Gasteiger partial charge in [0, 0.05) is 11.4 Å². The van der Waals surface area contributed by atoms with E-state index in [2.05, 4.69) is 10.6 Å². The molecule has 0 unspecified atom stereocenters. The first-order chi connectivity index (χ1) is 14.5. The summed E-state index contributed by atoms with van der Waals surface area (Å²) in [4.78, 5) is 24.2. The van der Waals surface area contributed by atoms with Crippen LogP contribution in [-0.2, 0) is 4.74 Å². The molecule has 0 saturated heterocycles. The summed E-state index contributed by atoms with van der Waals surface area (Å²) < 4.78 is 10.2. The smallest absolute Gasteiger partial charge is 0.339 e. The van der Waals surface area contributed by atoms with E-state index < -0.39 is 11.9 Å². The molecular weight excluding hydrogens is 384 g/mol. The highest BCUT2D eigenvalue weighted by Gasteiger charge is 2.21. The van der Waals surface area contributed by atoms with Crippen LogP contribution in [0.2, 0.25) is 0 Å². The van der Waals surface area contributed by atoms with Crippen molar-refractivity contribution in [2.45, 2.75) is 6.92 Å². The average molecular weight is 406 g/mol. The van der Waals surface area contributed by atoms with E-state index in [-0.39, 0.29) is 17.7 Å². The summed E-state index contributed by atoms with van der Waals surface area (Å²) in [5.74, 6) is -1.21. The van der Waals surface area contributed by atoms with Crippen molar-refractivity contribution in [1.29, 1.82) is 0 Å². The van der Waals surface area contributed by atoms with Gasteiger partial charge in [-0.25, -0.2) is 9.59 Å². The Morgan fingerprint density at radius 1 is 0.867 bits per heavy atom. The summed E-state index contributed by atoms with van der Waals surface area (Å²) in [6.07, 6.45) is 0. The SMILES string of the molecule is CCOC(=O)c1cc(Nc2ccc(OC)cc2)c(Nc2ccccc2)cc1C(=O)O. The van der Waals surface area contributed by atoms with E-state index in [0.717, 1.165) is 11.4 Å². The summed E-state index contributed by atoms with van der Waals surface area (Å²) in [7, 11) is 1.58. The van der Waals surface area contributed by atoms with Gasteiger partial charge in [0.25, 0.3) is 0 Å². The topological polar surface area (TPSA) is 96.9 Å². The van der Waals surface area contributed by atoms with Crippen LogP contribution in [0, 0.1) is 0 Å². The lowest BCUT2D eigenvalue weighted by molar-refractivity contribution is 0.0514. The Morgan fingerprint density at radius 2 is 1.43 bits per heavy atom. The number of nitrogens with one attached hydrogen (secondary N) is 2. The lowest BCUT2D eigenvalue weighted by Crippen LogP contribution is -2.13. The van der Waals surface area contributed by atoms with Crippen LogP contribution in [0.15, 0.2) is 66.7 Å². The molecule has 0 aliphatic carbocycles. The van der Waals surface area contributed by atoms with Crippen LogP contribution in [0.1, 0.15) is 27.6 Å². The van der Waals surface area contributed by atoms with E-state index in [0.29, 0.717) is 17.1 Å². The van der Waals surface area contributed by atoms with Crippen LogP contribution in [-0.4, -0.2) is 30.8 Å². The number of anilines is 4. The van der Waals surface area contributed by atoms with Gasteiger partial charge in [-0.3, -0.25) is 0 Å². The van der Waals surface area contributed by atoms with Gasteiger partial charge in [-0.1, -0.05) is 18.2 Å². The zero-order chi connectivity index (χ0) is 21.5. The number of hydrogen-bond acceptors (Lipinski definition) is 6. The van der Waals surface area contributed by atoms with Crippen LogP contribution in [0.4, 0.5) is 22.7 Å². The standard InChI is InChI=1S/C23H22N2O5/c1-3-30-23(28)19-14-21(25-16-9-11-17(29-2)12-10-16)20(13-18(19)22(26)27)24-15-7-5-4-6-8-15/h4-14,24-25H,3H2,1-2H3,(H,26,27). The number of aromatic carboxylic acids is 1. The highest BCUT2D eigenvalue weighted by atomic mass is 16.5. The van der Waals surface area contributed by atoms with E-state index in [1.165, 1.54) is 12.1 Å². The van der Waals surface area contributed by atoms with Crippen LogP contribution >= 0.6 is 0 Å². The number of carbonyl (C=O) groups is 2. The molecule has 0 bridgehead atoms. The Bertz CT molecular complexity index is 1030. The van der Waals surface area contributed by atoms with E-state index in [1.54, 1.807) is 26.2 Å². The molecule has 7 nitrogen and oxygen atoms in total. The Hall–Kier alpha value is -4.00. The maximum absolute atomic E-state index is 12.4. The van der Waals surface area contributed by atoms with E-state index >= 15 is 0 Å². The van der Waals surface area contributed by atoms with E-state index in [9.17, 15) is 14.7 Å². The summed E-state index contributed by atoms with van der Waals surface area (Å²) in [6, 6.07) is 19.5. The van der Waals surface area contributed by atoms with Crippen LogP contribution in [0.3, 0.4) is 0 Å². The number of rotatable bonds is 8. The fraction of sp³-hybridized carbons (Fsp3) is 0.130. The zero-order valence-electron chi connectivity index (χ0n) is 16.6. The predicted molar refractivity (Wildman–Crippen MR) is 115 cm³/mol. The van der Waals surface area contributed by atoms with Gasteiger partial charge in [-0.2, -0.15) is 0 Å². The lowest BCUT2D eigenvalue weighted by atomic mass is 10.0. The molecule has 3 aromatic carbocycles. The van der Waals surface area contributed by atoms with Crippen molar-refractivity contribution in [2.75, 3.05) is 24.4 Å². The molecule has 0 aliphatic rings. The molecule has 0 atom stereocenters. The number of esters is 1. The average Bonchev–Trinajstić information content (AvgIpc) is 2.76. The second-order valence-electron chi connectivity index (χ2n) is 6.31. The largest absolute Gasteiger partial charge is 0.497 e. The number of carboxylic acid groups (broad SMARTS) is 1. The zero-order valence-corrected chi connectivity index (χ0v) is 16.6. The number of benzene rings is 3. The van der Waals surface area contributed by atoms with Gasteiger partial charge < -0.3 is 25.2 Å². The van der Waals surface area contributed by atoms with Gasteiger partial charge >= 0.3 is 11.9 Å². The summed E-state index contributed by atoms with van der Waals surface area (Å²) in [6.45, 7) is 1.81. The highest BCUT2D eigenvalue weighted by molar-refractivity contribution is 6.05. The predicted octanol–water partition coefficient (Wildman–Crippen LogP) is 5.06. The Labute approximate surface area is 174 Å². The van der Waals surface area contributed by atoms with Crippen molar-refractivity contribution >= 4 is 34.7 Å². The van der Waals surface area contributed by atoms with Gasteiger partial charge in [-0.15, -0.1) is 0 Å². The fourth-order valence-electron chi connectivity index (χ4n) is 2.87. The Morgan fingerprint density at radius 3 is 1.97 bits per heavy atom. The van der Waals surface area contributed by atoms with Crippen molar-refractivity contribution in [3.63, 3.8) is 0 Å². The van der Waals surface area contributed by atoms with Gasteiger partial charge in [0.2, 0.25) is 0 Å². The second-order valence-corrected chi connectivity index (χ2v) is 6.31. The molecule has 3 aromatic rings. The quantitative estimate of drug-likeness (QED) is 0.450. The number of carboxylic acids is 1. The first-order valence-corrected chi connectivity index (χ1v) is 9.33. The fourth-order valence-corrected chi connectivity index (χ4v) is 2.87. The molecule has 3 N–H and O–H groups in total. The number of ether oxygens (including phenoxy) is 2. The van der Waals surface area contributed by atoms with Gasteiger partial charge in [0.05, 0.1) is 36.2 Å². The Balaban J connectivity index is 2.07. The first kappa shape index (κ1) is 20.7. The third-order valence-corrected chi connectivity index (χ3v) is 4.31. The molecule has 7 heteroatoms. The van der Waals surface area contributed by atoms with E-state index in [1.807, 2.05) is 42.5 Å². The maximum Gasteiger partial charge on any atom is 0.339 e. The summed E-state index contributed by atoms with van der Waals surface area (Å²) in [5, 5.41) is 16.1. The highest BCUT2D eigenvalue weighted by Crippen LogP contribution is 2.33. The van der Waals surface area contributed by atoms with Crippen LogP contribution < -0.4 is 15.4 Å². The monoisotopic (exact) mass is 406 g/mol. The van der Waals surface area contributed by atoms with E-state index in [4.69, 9.17) is 9.47 Å². The third kappa shape index (κ3) is 4.88. The Kier molecular flexibility index (Phi) is 6.54. The molecule has 30 heavy (non-hydrogen) atoms. The molecule has 0 heterocycles. The number of carbonyl (C=O) groups excluding carboxylic acids is 1. The molecule has 0 amide bonds. The second kappa shape index (κ2) is 9.47. The first-order valence-electron chi connectivity index (χ1n) is 9.33. The molecular formula is C23H22N2O5. The number of methoxy groups -OCH3 is 1. The van der Waals surface area contributed by atoms with Gasteiger partial charge in [0.1, 0.15) is 5.75 Å². The van der Waals surface area contributed by atoms with Gasteiger partial charge in [-0.05, 0) is 55.5 Å². The molecule has 154 valence electrons. The molecule has 0 aliphatic heterocycles. The molecule has 0 radical (unpaired) electrons. The lowest BCUT2D eigenvalue weighted by Gasteiger charge is -2.17. The minimum Gasteiger partial charge on any atom is -0.497 e. The number of para-hydroxylation sites is 1. The number of hydrogen-bond donors (Lipinski definition) is 3. The van der Waals surface area contributed by atoms with Crippen LogP contribution in [0.25, 0.3) is 0 Å². The molecule has 0 fully saturated rings. The van der Waals surface area contributed by atoms with Crippen molar-refractivity contribution in [2.24, 2.45) is 0 Å². The van der Waals surface area contributed by atoms with Gasteiger partial charge in [0.15, 0.2) is 0 Å². The molecule has 0 spiro atoms. The van der Waals surface area contributed by atoms with Crippen molar-refractivity contribution in [3.05, 3.63) is 77.9 Å². The minimum atomic E-state index is -1.22. The minimum absolute atomic E-state index is 0.0287. The third-order valence-electron chi connectivity index (χ3n) is 4.31. The van der Waals surface area contributed by atoms with Crippen molar-refractivity contribution < 1.29 is 24.2 Å².